The lowest BCUT2D eigenvalue weighted by Crippen LogP contribution is -2.30. The number of fused-ring (bicyclic) bond motifs is 1. The van der Waals surface area contributed by atoms with Crippen LogP contribution in [-0.2, 0) is 6.54 Å². The highest BCUT2D eigenvalue weighted by Gasteiger charge is 2.20. The molecule has 0 fully saturated rings. The largest absolute Gasteiger partial charge is 0.339 e. The van der Waals surface area contributed by atoms with Crippen molar-refractivity contribution in [3.05, 3.63) is 84.1 Å². The first-order valence-corrected chi connectivity index (χ1v) is 9.96. The molecule has 4 rings (SSSR count). The van der Waals surface area contributed by atoms with Crippen molar-refractivity contribution >= 4 is 16.9 Å². The van der Waals surface area contributed by atoms with Crippen molar-refractivity contribution in [1.29, 1.82) is 0 Å². The lowest BCUT2D eigenvalue weighted by atomic mass is 10.1. The maximum absolute atomic E-state index is 13.2. The van der Waals surface area contributed by atoms with E-state index in [1.165, 1.54) is 0 Å². The number of rotatable bonds is 6. The molecule has 0 saturated carbocycles. The zero-order valence-corrected chi connectivity index (χ0v) is 16.7. The second-order valence-corrected chi connectivity index (χ2v) is 6.92. The van der Waals surface area contributed by atoms with Gasteiger partial charge in [-0.3, -0.25) is 4.79 Å². The minimum atomic E-state index is 0.0128. The van der Waals surface area contributed by atoms with Gasteiger partial charge in [-0.25, -0.2) is 9.67 Å². The number of carbonyl (C=O) groups excluding carboxylic acids is 1. The van der Waals surface area contributed by atoms with Gasteiger partial charge in [0.25, 0.3) is 5.91 Å². The molecule has 5 nitrogen and oxygen atoms in total. The lowest BCUT2D eigenvalue weighted by molar-refractivity contribution is 0.0775. The Bertz CT molecular complexity index is 1120. The van der Waals surface area contributed by atoms with E-state index < -0.39 is 0 Å². The minimum Gasteiger partial charge on any atom is -0.339 e. The second kappa shape index (κ2) is 8.27. The third-order valence-corrected chi connectivity index (χ3v) is 5.13. The molecule has 0 aliphatic rings. The SMILES string of the molecule is CCN(CC)C(=O)c1cc(-c2ccccc2)nc2c1cnn2Cc1ccccc1. The van der Waals surface area contributed by atoms with Crippen LogP contribution in [0.1, 0.15) is 29.8 Å². The Morgan fingerprint density at radius 1 is 0.966 bits per heavy atom. The van der Waals surface area contributed by atoms with E-state index in [1.807, 2.05) is 78.0 Å². The van der Waals surface area contributed by atoms with Gasteiger partial charge in [-0.15, -0.1) is 0 Å². The molecule has 0 N–H and O–H groups in total. The molecular weight excluding hydrogens is 360 g/mol. The maximum atomic E-state index is 13.2. The fourth-order valence-corrected chi connectivity index (χ4v) is 3.53. The van der Waals surface area contributed by atoms with E-state index >= 15 is 0 Å². The molecule has 0 radical (unpaired) electrons. The summed E-state index contributed by atoms with van der Waals surface area (Å²) in [6.07, 6.45) is 1.76. The molecule has 5 heteroatoms. The van der Waals surface area contributed by atoms with Gasteiger partial charge in [-0.05, 0) is 25.5 Å². The van der Waals surface area contributed by atoms with Crippen LogP contribution in [0.25, 0.3) is 22.3 Å². The number of aromatic nitrogens is 3. The highest BCUT2D eigenvalue weighted by atomic mass is 16.2. The predicted octanol–water partition coefficient (Wildman–Crippen LogP) is 4.63. The average Bonchev–Trinajstić information content (AvgIpc) is 3.18. The first kappa shape index (κ1) is 18.9. The van der Waals surface area contributed by atoms with Crippen LogP contribution in [0, 0.1) is 0 Å². The topological polar surface area (TPSA) is 51.0 Å². The van der Waals surface area contributed by atoms with E-state index in [0.29, 0.717) is 25.2 Å². The summed E-state index contributed by atoms with van der Waals surface area (Å²) in [7, 11) is 0. The van der Waals surface area contributed by atoms with Gasteiger partial charge < -0.3 is 4.90 Å². The monoisotopic (exact) mass is 384 g/mol. The van der Waals surface area contributed by atoms with Gasteiger partial charge in [-0.1, -0.05) is 60.7 Å². The second-order valence-electron chi connectivity index (χ2n) is 6.92. The normalized spacial score (nSPS) is 11.0. The molecule has 0 atom stereocenters. The minimum absolute atomic E-state index is 0.0128. The summed E-state index contributed by atoms with van der Waals surface area (Å²) < 4.78 is 1.87. The van der Waals surface area contributed by atoms with Crippen molar-refractivity contribution in [3.8, 4) is 11.3 Å². The molecule has 0 aliphatic carbocycles. The van der Waals surface area contributed by atoms with Crippen LogP contribution in [0.4, 0.5) is 0 Å². The van der Waals surface area contributed by atoms with Gasteiger partial charge >= 0.3 is 0 Å². The molecule has 2 aromatic carbocycles. The highest BCUT2D eigenvalue weighted by molar-refractivity contribution is 6.06. The predicted molar refractivity (Wildman–Crippen MR) is 116 cm³/mol. The molecule has 146 valence electrons. The quantitative estimate of drug-likeness (QED) is 0.487. The summed E-state index contributed by atoms with van der Waals surface area (Å²) in [4.78, 5) is 19.9. The van der Waals surface area contributed by atoms with Crippen molar-refractivity contribution in [3.63, 3.8) is 0 Å². The van der Waals surface area contributed by atoms with Crippen LogP contribution in [-0.4, -0.2) is 38.7 Å². The molecule has 0 aliphatic heterocycles. The number of benzene rings is 2. The molecule has 0 bridgehead atoms. The van der Waals surface area contributed by atoms with Gasteiger partial charge in [0.05, 0.1) is 29.4 Å². The number of nitrogens with zero attached hydrogens (tertiary/aromatic N) is 4. The van der Waals surface area contributed by atoms with Crippen LogP contribution >= 0.6 is 0 Å². The van der Waals surface area contributed by atoms with E-state index in [2.05, 4.69) is 17.2 Å². The van der Waals surface area contributed by atoms with Crippen LogP contribution in [0.2, 0.25) is 0 Å². The number of hydrogen-bond donors (Lipinski definition) is 0. The van der Waals surface area contributed by atoms with Crippen molar-refractivity contribution in [2.75, 3.05) is 13.1 Å². The Labute approximate surface area is 170 Å². The third kappa shape index (κ3) is 3.76. The molecule has 0 unspecified atom stereocenters. The molecule has 1 amide bonds. The Balaban J connectivity index is 1.88. The average molecular weight is 384 g/mol. The van der Waals surface area contributed by atoms with E-state index in [-0.39, 0.29) is 5.91 Å². The van der Waals surface area contributed by atoms with E-state index in [9.17, 15) is 4.79 Å². The maximum Gasteiger partial charge on any atom is 0.254 e. The number of hydrogen-bond acceptors (Lipinski definition) is 3. The van der Waals surface area contributed by atoms with Gasteiger partial charge in [0.15, 0.2) is 5.65 Å². The number of carbonyl (C=O) groups is 1. The molecule has 2 aromatic heterocycles. The summed E-state index contributed by atoms with van der Waals surface area (Å²) in [5, 5.41) is 5.35. The zero-order chi connectivity index (χ0) is 20.2. The molecule has 4 aromatic rings. The summed E-state index contributed by atoms with van der Waals surface area (Å²) in [5.41, 5.74) is 4.28. The van der Waals surface area contributed by atoms with E-state index in [4.69, 9.17) is 4.98 Å². The highest BCUT2D eigenvalue weighted by Crippen LogP contribution is 2.26. The molecule has 0 spiro atoms. The van der Waals surface area contributed by atoms with Crippen LogP contribution in [0.3, 0.4) is 0 Å². The van der Waals surface area contributed by atoms with Crippen molar-refractivity contribution < 1.29 is 4.79 Å². The fraction of sp³-hybridized carbons (Fsp3) is 0.208. The Morgan fingerprint density at radius 3 is 2.28 bits per heavy atom. The molecule has 29 heavy (non-hydrogen) atoms. The third-order valence-electron chi connectivity index (χ3n) is 5.13. The lowest BCUT2D eigenvalue weighted by Gasteiger charge is -2.19. The van der Waals surface area contributed by atoms with Gasteiger partial charge in [0.1, 0.15) is 0 Å². The van der Waals surface area contributed by atoms with E-state index in [0.717, 1.165) is 27.9 Å². The van der Waals surface area contributed by atoms with Gasteiger partial charge in [0.2, 0.25) is 0 Å². The number of pyridine rings is 1. The van der Waals surface area contributed by atoms with Crippen LogP contribution in [0.15, 0.2) is 72.9 Å². The van der Waals surface area contributed by atoms with Gasteiger partial charge in [-0.2, -0.15) is 5.10 Å². The van der Waals surface area contributed by atoms with Crippen molar-refractivity contribution in [1.82, 2.24) is 19.7 Å². The fourth-order valence-electron chi connectivity index (χ4n) is 3.53. The molecule has 0 saturated heterocycles. The first-order valence-electron chi connectivity index (χ1n) is 9.96. The number of amides is 1. The molecule has 2 heterocycles. The summed E-state index contributed by atoms with van der Waals surface area (Å²) >= 11 is 0. The van der Waals surface area contributed by atoms with Crippen LogP contribution < -0.4 is 0 Å². The Morgan fingerprint density at radius 2 is 1.62 bits per heavy atom. The molecular formula is C24H24N4O. The zero-order valence-electron chi connectivity index (χ0n) is 16.7. The van der Waals surface area contributed by atoms with Gasteiger partial charge in [0, 0.05) is 18.7 Å². The summed E-state index contributed by atoms with van der Waals surface area (Å²) in [6.45, 7) is 5.93. The van der Waals surface area contributed by atoms with E-state index in [1.54, 1.807) is 6.20 Å². The smallest absolute Gasteiger partial charge is 0.254 e. The van der Waals surface area contributed by atoms with Crippen molar-refractivity contribution in [2.45, 2.75) is 20.4 Å². The summed E-state index contributed by atoms with van der Waals surface area (Å²) in [6, 6.07) is 22.0. The standard InChI is InChI=1S/C24H24N4O/c1-3-27(4-2)24(29)20-15-22(19-13-9-6-10-14-19)26-23-21(20)16-25-28(23)17-18-11-7-5-8-12-18/h5-16H,3-4,17H2,1-2H3. The van der Waals surface area contributed by atoms with Crippen LogP contribution in [0.5, 0.6) is 0 Å². The summed E-state index contributed by atoms with van der Waals surface area (Å²) in [5.74, 6) is 0.0128. The first-order chi connectivity index (χ1) is 14.2. The van der Waals surface area contributed by atoms with Crippen molar-refractivity contribution in [2.24, 2.45) is 0 Å². The Hall–Kier alpha value is -3.47. The Kier molecular flexibility index (Phi) is 5.38.